The van der Waals surface area contributed by atoms with Crippen LogP contribution in [0.3, 0.4) is 0 Å². The van der Waals surface area contributed by atoms with Crippen molar-refractivity contribution < 1.29 is 18.7 Å². The van der Waals surface area contributed by atoms with Gasteiger partial charge in [0.2, 0.25) is 11.8 Å². The number of unbranched alkanes of at least 4 members (excludes halogenated alkanes) is 3. The summed E-state index contributed by atoms with van der Waals surface area (Å²) < 4.78 is 11.2. The van der Waals surface area contributed by atoms with E-state index in [0.717, 1.165) is 57.3 Å². The number of ether oxygens (including phenoxy) is 1. The van der Waals surface area contributed by atoms with E-state index in [1.54, 1.807) is 16.1 Å². The molecule has 1 fully saturated rings. The molecule has 2 heterocycles. The molecule has 1 aromatic heterocycles. The van der Waals surface area contributed by atoms with Crippen LogP contribution in [0, 0.1) is 0 Å². The topological polar surface area (TPSA) is 63.0 Å². The molecule has 0 unspecified atom stereocenters. The van der Waals surface area contributed by atoms with E-state index in [1.165, 1.54) is 0 Å². The zero-order valence-electron chi connectivity index (χ0n) is 17.5. The summed E-state index contributed by atoms with van der Waals surface area (Å²) in [5.74, 6) is 0.794. The Balaban J connectivity index is 1.95. The highest BCUT2D eigenvalue weighted by Crippen LogP contribution is 2.16. The molecule has 0 N–H and O–H groups in total. The van der Waals surface area contributed by atoms with Gasteiger partial charge in [0.15, 0.2) is 0 Å². The second-order valence-corrected chi connectivity index (χ2v) is 7.61. The van der Waals surface area contributed by atoms with Gasteiger partial charge in [-0.05, 0) is 37.8 Å². The molecular formula is C22H36N2O4. The van der Waals surface area contributed by atoms with Crippen LogP contribution in [0.5, 0.6) is 0 Å². The molecule has 6 heteroatoms. The maximum Gasteiger partial charge on any atom is 0.242 e. The van der Waals surface area contributed by atoms with Gasteiger partial charge in [0.25, 0.3) is 0 Å². The number of furan rings is 1. The van der Waals surface area contributed by atoms with Gasteiger partial charge in [0, 0.05) is 26.1 Å². The van der Waals surface area contributed by atoms with Gasteiger partial charge in [-0.1, -0.05) is 33.1 Å². The van der Waals surface area contributed by atoms with Crippen molar-refractivity contribution in [2.24, 2.45) is 0 Å². The lowest BCUT2D eigenvalue weighted by Gasteiger charge is -2.28. The monoisotopic (exact) mass is 392 g/mol. The third-order valence-corrected chi connectivity index (χ3v) is 5.14. The molecule has 6 nitrogen and oxygen atoms in total. The van der Waals surface area contributed by atoms with Crippen LogP contribution in [-0.2, 0) is 20.9 Å². The van der Waals surface area contributed by atoms with E-state index in [0.29, 0.717) is 26.1 Å². The molecular weight excluding hydrogens is 356 g/mol. The van der Waals surface area contributed by atoms with Gasteiger partial charge in [-0.2, -0.15) is 0 Å². The van der Waals surface area contributed by atoms with Crippen molar-refractivity contribution in [2.45, 2.75) is 77.9 Å². The lowest BCUT2D eigenvalue weighted by molar-refractivity contribution is -0.142. The molecule has 2 rings (SSSR count). The number of hydrogen-bond donors (Lipinski definition) is 0. The number of carbonyl (C=O) groups excluding carboxylic acids is 2. The standard InChI is InChI=1S/C22H36N2O4/c1-3-5-6-7-12-21(25)23(13-4-2)18-22(26)24(16-19-10-8-14-27-19)17-20-11-9-15-28-20/h8,10,14,20H,3-7,9,11-13,15-18H2,1-2H3/t20-/m1/s1. The summed E-state index contributed by atoms with van der Waals surface area (Å²) in [6, 6.07) is 3.70. The summed E-state index contributed by atoms with van der Waals surface area (Å²) in [5.41, 5.74) is 0. The number of amides is 2. The average Bonchev–Trinajstić information content (AvgIpc) is 3.38. The summed E-state index contributed by atoms with van der Waals surface area (Å²) in [6.07, 6.45) is 9.33. The predicted molar refractivity (Wildman–Crippen MR) is 109 cm³/mol. The van der Waals surface area contributed by atoms with E-state index in [2.05, 4.69) is 6.92 Å². The minimum absolute atomic E-state index is 0.0396. The highest BCUT2D eigenvalue weighted by molar-refractivity contribution is 5.84. The molecule has 0 saturated carbocycles. The Bertz CT molecular complexity index is 567. The molecule has 0 radical (unpaired) electrons. The van der Waals surface area contributed by atoms with Gasteiger partial charge in [-0.25, -0.2) is 0 Å². The first-order valence-corrected chi connectivity index (χ1v) is 10.8. The molecule has 1 aromatic rings. The molecule has 158 valence electrons. The van der Waals surface area contributed by atoms with Crippen LogP contribution in [0.25, 0.3) is 0 Å². The van der Waals surface area contributed by atoms with Gasteiger partial charge in [0.05, 0.1) is 25.5 Å². The summed E-state index contributed by atoms with van der Waals surface area (Å²) in [5, 5.41) is 0. The fourth-order valence-corrected chi connectivity index (χ4v) is 3.57. The number of carbonyl (C=O) groups is 2. The third-order valence-electron chi connectivity index (χ3n) is 5.14. The normalized spacial score (nSPS) is 16.3. The van der Waals surface area contributed by atoms with Crippen molar-refractivity contribution >= 4 is 11.8 Å². The molecule has 0 aromatic carbocycles. The second-order valence-electron chi connectivity index (χ2n) is 7.61. The zero-order valence-corrected chi connectivity index (χ0v) is 17.5. The molecule has 1 aliphatic rings. The Morgan fingerprint density at radius 3 is 2.61 bits per heavy atom. The maximum atomic E-state index is 13.1. The van der Waals surface area contributed by atoms with Crippen molar-refractivity contribution in [3.8, 4) is 0 Å². The van der Waals surface area contributed by atoms with Gasteiger partial charge < -0.3 is 19.0 Å². The first-order chi connectivity index (χ1) is 13.6. The Morgan fingerprint density at radius 2 is 1.96 bits per heavy atom. The fourth-order valence-electron chi connectivity index (χ4n) is 3.57. The summed E-state index contributed by atoms with van der Waals surface area (Å²) in [7, 11) is 0. The van der Waals surface area contributed by atoms with Gasteiger partial charge in [0.1, 0.15) is 5.76 Å². The number of hydrogen-bond acceptors (Lipinski definition) is 4. The van der Waals surface area contributed by atoms with Gasteiger partial charge >= 0.3 is 0 Å². The van der Waals surface area contributed by atoms with Crippen molar-refractivity contribution in [3.05, 3.63) is 24.2 Å². The van der Waals surface area contributed by atoms with Crippen molar-refractivity contribution in [3.63, 3.8) is 0 Å². The van der Waals surface area contributed by atoms with E-state index < -0.39 is 0 Å². The fraction of sp³-hybridized carbons (Fsp3) is 0.727. The van der Waals surface area contributed by atoms with Crippen molar-refractivity contribution in [1.82, 2.24) is 9.80 Å². The maximum absolute atomic E-state index is 13.1. The quantitative estimate of drug-likeness (QED) is 0.476. The van der Waals surface area contributed by atoms with Gasteiger partial charge in [-0.3, -0.25) is 9.59 Å². The van der Waals surface area contributed by atoms with E-state index in [9.17, 15) is 9.59 Å². The molecule has 1 aliphatic heterocycles. The average molecular weight is 393 g/mol. The summed E-state index contributed by atoms with van der Waals surface area (Å²) >= 11 is 0. The molecule has 0 bridgehead atoms. The SMILES string of the molecule is CCCCCCC(=O)N(CCC)CC(=O)N(Cc1ccco1)C[C@H]1CCCO1. The molecule has 28 heavy (non-hydrogen) atoms. The second kappa shape index (κ2) is 12.6. The smallest absolute Gasteiger partial charge is 0.242 e. The number of nitrogens with zero attached hydrogens (tertiary/aromatic N) is 2. The lowest BCUT2D eigenvalue weighted by Crippen LogP contribution is -2.45. The first kappa shape index (κ1) is 22.5. The van der Waals surface area contributed by atoms with Crippen LogP contribution < -0.4 is 0 Å². The Morgan fingerprint density at radius 1 is 1.11 bits per heavy atom. The summed E-state index contributed by atoms with van der Waals surface area (Å²) in [4.78, 5) is 29.2. The molecule has 0 spiro atoms. The van der Waals surface area contributed by atoms with Crippen LogP contribution in [-0.4, -0.2) is 54.0 Å². The highest BCUT2D eigenvalue weighted by Gasteiger charge is 2.26. The zero-order chi connectivity index (χ0) is 20.2. The van der Waals surface area contributed by atoms with E-state index in [4.69, 9.17) is 9.15 Å². The molecule has 2 amide bonds. The van der Waals surface area contributed by atoms with Crippen molar-refractivity contribution in [2.75, 3.05) is 26.2 Å². The Labute approximate surface area is 169 Å². The molecule has 0 aliphatic carbocycles. The van der Waals surface area contributed by atoms with Crippen LogP contribution in [0.1, 0.15) is 71.0 Å². The van der Waals surface area contributed by atoms with Crippen LogP contribution in [0.15, 0.2) is 22.8 Å². The van der Waals surface area contributed by atoms with Crippen LogP contribution in [0.4, 0.5) is 0 Å². The van der Waals surface area contributed by atoms with E-state index in [-0.39, 0.29) is 24.5 Å². The minimum atomic E-state index is -0.0396. The molecule has 1 saturated heterocycles. The van der Waals surface area contributed by atoms with Crippen molar-refractivity contribution in [1.29, 1.82) is 0 Å². The van der Waals surface area contributed by atoms with E-state index in [1.807, 2.05) is 19.1 Å². The highest BCUT2D eigenvalue weighted by atomic mass is 16.5. The number of rotatable bonds is 13. The Hall–Kier alpha value is -1.82. The van der Waals surface area contributed by atoms with Gasteiger partial charge in [-0.15, -0.1) is 0 Å². The summed E-state index contributed by atoms with van der Waals surface area (Å²) in [6.45, 7) is 6.66. The van der Waals surface area contributed by atoms with Crippen LogP contribution in [0.2, 0.25) is 0 Å². The molecule has 1 atom stereocenters. The Kier molecular flexibility index (Phi) is 10.1. The predicted octanol–water partition coefficient (Wildman–Crippen LogP) is 4.00. The van der Waals surface area contributed by atoms with E-state index >= 15 is 0 Å². The first-order valence-electron chi connectivity index (χ1n) is 10.8. The third kappa shape index (κ3) is 7.66. The van der Waals surface area contributed by atoms with Crippen LogP contribution >= 0.6 is 0 Å². The minimum Gasteiger partial charge on any atom is -0.467 e. The largest absolute Gasteiger partial charge is 0.467 e. The lowest BCUT2D eigenvalue weighted by atomic mass is 10.1.